The smallest absolute Gasteiger partial charge is 0.246 e. The Labute approximate surface area is 148 Å². The summed E-state index contributed by atoms with van der Waals surface area (Å²) in [6.07, 6.45) is 3.56. The highest BCUT2D eigenvalue weighted by molar-refractivity contribution is 6.08. The van der Waals surface area contributed by atoms with E-state index in [1.807, 2.05) is 36.4 Å². The van der Waals surface area contributed by atoms with Crippen LogP contribution < -0.4 is 16.4 Å². The molecule has 1 amide bonds. The van der Waals surface area contributed by atoms with E-state index in [9.17, 15) is 4.79 Å². The number of amides is 1. The molecule has 1 unspecified atom stereocenters. The van der Waals surface area contributed by atoms with Crippen LogP contribution in [0.3, 0.4) is 0 Å². The Kier molecular flexibility index (Phi) is 6.48. The van der Waals surface area contributed by atoms with E-state index in [4.69, 9.17) is 11.1 Å². The van der Waals surface area contributed by atoms with E-state index in [1.165, 1.54) is 18.0 Å². The van der Waals surface area contributed by atoms with Crippen LogP contribution in [0.4, 0.5) is 5.69 Å². The van der Waals surface area contributed by atoms with E-state index in [-0.39, 0.29) is 5.91 Å². The molecule has 0 bridgehead atoms. The number of nitrogens with one attached hydrogen (secondary N) is 3. The first-order valence-electron chi connectivity index (χ1n) is 8.22. The molecule has 2 aromatic rings. The van der Waals surface area contributed by atoms with E-state index in [0.717, 1.165) is 17.5 Å². The lowest BCUT2D eigenvalue weighted by molar-refractivity contribution is -0.118. The van der Waals surface area contributed by atoms with Crippen LogP contribution in [0.1, 0.15) is 29.7 Å². The molecule has 0 saturated heterocycles. The first kappa shape index (κ1) is 18.4. The summed E-state index contributed by atoms with van der Waals surface area (Å²) >= 11 is 0. The molecular formula is C20H24N4O. The van der Waals surface area contributed by atoms with Crippen molar-refractivity contribution in [3.8, 4) is 0 Å². The molecule has 0 aromatic heterocycles. The van der Waals surface area contributed by atoms with Crippen LogP contribution in [0.5, 0.6) is 0 Å². The molecule has 0 aliphatic carbocycles. The van der Waals surface area contributed by atoms with Crippen LogP contribution in [0.25, 0.3) is 5.57 Å². The summed E-state index contributed by atoms with van der Waals surface area (Å²) in [4.78, 5) is 12.6. The Bertz CT molecular complexity index is 748. The van der Waals surface area contributed by atoms with Crippen molar-refractivity contribution in [3.63, 3.8) is 0 Å². The minimum atomic E-state index is -0.424. The van der Waals surface area contributed by atoms with Gasteiger partial charge in [0, 0.05) is 23.7 Å². The Balaban J connectivity index is 2.12. The largest absolute Gasteiger partial charge is 0.404 e. The fourth-order valence-electron chi connectivity index (χ4n) is 2.58. The van der Waals surface area contributed by atoms with Crippen LogP contribution in [0, 0.1) is 5.41 Å². The topological polar surface area (TPSA) is 91.0 Å². The maximum absolute atomic E-state index is 12.6. The number of carbonyl (C=O) groups is 1. The standard InChI is InChI=1S/C20H24N4O/c1-3-14-4-6-16(7-5-14)19(23-2)20(25)24-18-10-8-15(9-11-18)17(12-21)13-22/h4-13,19,21,23H,3,22H2,1-2H3,(H,24,25)/b17-13+,21-12?. The molecule has 0 aliphatic heterocycles. The lowest BCUT2D eigenvalue weighted by atomic mass is 10.0. The molecule has 0 spiro atoms. The molecule has 25 heavy (non-hydrogen) atoms. The Hall–Kier alpha value is -2.92. The van der Waals surface area contributed by atoms with Gasteiger partial charge in [-0.2, -0.15) is 0 Å². The number of hydrogen-bond acceptors (Lipinski definition) is 4. The number of allylic oxidation sites excluding steroid dienone is 1. The molecule has 2 rings (SSSR count). The first-order chi connectivity index (χ1) is 12.1. The van der Waals surface area contributed by atoms with Crippen LogP contribution in [0.15, 0.2) is 54.7 Å². The maximum Gasteiger partial charge on any atom is 0.246 e. The van der Waals surface area contributed by atoms with Crippen molar-refractivity contribution in [3.05, 3.63) is 71.4 Å². The van der Waals surface area contributed by atoms with E-state index in [2.05, 4.69) is 17.6 Å². The van der Waals surface area contributed by atoms with Gasteiger partial charge in [-0.15, -0.1) is 0 Å². The average Bonchev–Trinajstić information content (AvgIpc) is 2.65. The fraction of sp³-hybridized carbons (Fsp3) is 0.200. The number of hydrogen-bond donors (Lipinski definition) is 4. The van der Waals surface area contributed by atoms with Crippen LogP contribution in [-0.2, 0) is 11.2 Å². The minimum absolute atomic E-state index is 0.124. The maximum atomic E-state index is 12.6. The highest BCUT2D eigenvalue weighted by atomic mass is 16.2. The monoisotopic (exact) mass is 336 g/mol. The van der Waals surface area contributed by atoms with Crippen molar-refractivity contribution in [2.75, 3.05) is 12.4 Å². The predicted molar refractivity (Wildman–Crippen MR) is 104 cm³/mol. The Morgan fingerprint density at radius 2 is 1.80 bits per heavy atom. The predicted octanol–water partition coefficient (Wildman–Crippen LogP) is 3.10. The fourth-order valence-corrected chi connectivity index (χ4v) is 2.58. The van der Waals surface area contributed by atoms with E-state index < -0.39 is 6.04 Å². The highest BCUT2D eigenvalue weighted by Gasteiger charge is 2.18. The molecule has 5 heteroatoms. The zero-order valence-electron chi connectivity index (χ0n) is 14.5. The lowest BCUT2D eigenvalue weighted by Crippen LogP contribution is -2.30. The quantitative estimate of drug-likeness (QED) is 0.586. The van der Waals surface area contributed by atoms with E-state index in [1.54, 1.807) is 19.2 Å². The van der Waals surface area contributed by atoms with Crippen molar-refractivity contribution in [1.82, 2.24) is 5.32 Å². The van der Waals surface area contributed by atoms with Gasteiger partial charge in [0.05, 0.1) is 0 Å². The molecular weight excluding hydrogens is 312 g/mol. The Morgan fingerprint density at radius 1 is 1.16 bits per heavy atom. The first-order valence-corrected chi connectivity index (χ1v) is 8.22. The van der Waals surface area contributed by atoms with Gasteiger partial charge in [-0.25, -0.2) is 0 Å². The molecule has 0 fully saturated rings. The van der Waals surface area contributed by atoms with Crippen molar-refractivity contribution < 1.29 is 4.79 Å². The van der Waals surface area contributed by atoms with Gasteiger partial charge < -0.3 is 21.8 Å². The van der Waals surface area contributed by atoms with Crippen LogP contribution >= 0.6 is 0 Å². The summed E-state index contributed by atoms with van der Waals surface area (Å²) in [7, 11) is 1.77. The SMILES string of the molecule is CCc1ccc(C(NC)C(=O)Nc2ccc(/C(C=N)=C/N)cc2)cc1. The van der Waals surface area contributed by atoms with Crippen molar-refractivity contribution in [1.29, 1.82) is 5.41 Å². The molecule has 2 aromatic carbocycles. The summed E-state index contributed by atoms with van der Waals surface area (Å²) in [5, 5.41) is 13.3. The zero-order valence-corrected chi connectivity index (χ0v) is 14.5. The number of aryl methyl sites for hydroxylation is 1. The van der Waals surface area contributed by atoms with E-state index >= 15 is 0 Å². The van der Waals surface area contributed by atoms with Gasteiger partial charge >= 0.3 is 0 Å². The van der Waals surface area contributed by atoms with Gasteiger partial charge in [0.2, 0.25) is 5.91 Å². The van der Waals surface area contributed by atoms with Crippen LogP contribution in [0.2, 0.25) is 0 Å². The number of likely N-dealkylation sites (N-methyl/N-ethyl adjacent to an activating group) is 1. The molecule has 0 radical (unpaired) electrons. The van der Waals surface area contributed by atoms with Crippen molar-refractivity contribution in [2.45, 2.75) is 19.4 Å². The molecule has 1 atom stereocenters. The molecule has 5 N–H and O–H groups in total. The molecule has 130 valence electrons. The summed E-state index contributed by atoms with van der Waals surface area (Å²) in [5.74, 6) is -0.124. The minimum Gasteiger partial charge on any atom is -0.404 e. The van der Waals surface area contributed by atoms with Crippen LogP contribution in [-0.4, -0.2) is 19.2 Å². The molecule has 5 nitrogen and oxygen atoms in total. The van der Waals surface area contributed by atoms with Crippen molar-refractivity contribution in [2.24, 2.45) is 5.73 Å². The number of rotatable bonds is 7. The molecule has 0 heterocycles. The normalized spacial score (nSPS) is 12.5. The van der Waals surface area contributed by atoms with E-state index in [0.29, 0.717) is 11.3 Å². The second kappa shape index (κ2) is 8.80. The lowest BCUT2D eigenvalue weighted by Gasteiger charge is -2.17. The van der Waals surface area contributed by atoms with Gasteiger partial charge in [-0.1, -0.05) is 43.3 Å². The van der Waals surface area contributed by atoms with Gasteiger partial charge in [-0.05, 0) is 42.3 Å². The summed E-state index contributed by atoms with van der Waals surface area (Å²) in [6.45, 7) is 2.10. The number of nitrogens with two attached hydrogens (primary N) is 1. The number of benzene rings is 2. The zero-order chi connectivity index (χ0) is 18.2. The second-order valence-electron chi connectivity index (χ2n) is 5.65. The Morgan fingerprint density at radius 3 is 2.28 bits per heavy atom. The van der Waals surface area contributed by atoms with Gasteiger partial charge in [-0.3, -0.25) is 4.79 Å². The summed E-state index contributed by atoms with van der Waals surface area (Å²) in [5.41, 5.74) is 9.80. The molecule has 0 aliphatic rings. The number of carbonyl (C=O) groups excluding carboxylic acids is 1. The third kappa shape index (κ3) is 4.55. The summed E-state index contributed by atoms with van der Waals surface area (Å²) in [6, 6.07) is 14.9. The summed E-state index contributed by atoms with van der Waals surface area (Å²) < 4.78 is 0. The molecule has 0 saturated carbocycles. The van der Waals surface area contributed by atoms with Gasteiger partial charge in [0.25, 0.3) is 0 Å². The van der Waals surface area contributed by atoms with Gasteiger partial charge in [0.1, 0.15) is 6.04 Å². The highest BCUT2D eigenvalue weighted by Crippen LogP contribution is 2.19. The van der Waals surface area contributed by atoms with Gasteiger partial charge in [0.15, 0.2) is 0 Å². The second-order valence-corrected chi connectivity index (χ2v) is 5.65. The van der Waals surface area contributed by atoms with Crippen molar-refractivity contribution >= 4 is 23.4 Å². The average molecular weight is 336 g/mol. The third-order valence-corrected chi connectivity index (χ3v) is 4.09. The number of anilines is 1. The third-order valence-electron chi connectivity index (χ3n) is 4.09.